The number of benzene rings is 2. The van der Waals surface area contributed by atoms with E-state index in [9.17, 15) is 5.26 Å². The van der Waals surface area contributed by atoms with Crippen LogP contribution in [-0.4, -0.2) is 4.98 Å². The Kier molecular flexibility index (Phi) is 5.27. The summed E-state index contributed by atoms with van der Waals surface area (Å²) in [6.45, 7) is 4.53. The van der Waals surface area contributed by atoms with Gasteiger partial charge in [-0.25, -0.2) is 4.98 Å². The van der Waals surface area contributed by atoms with Crippen molar-refractivity contribution in [2.75, 3.05) is 0 Å². The fourth-order valence-corrected chi connectivity index (χ4v) is 3.06. The summed E-state index contributed by atoms with van der Waals surface area (Å²) in [7, 11) is 0. The molecule has 124 valence electrons. The van der Waals surface area contributed by atoms with E-state index in [0.717, 1.165) is 27.6 Å². The van der Waals surface area contributed by atoms with Crippen molar-refractivity contribution >= 4 is 23.0 Å². The van der Waals surface area contributed by atoms with E-state index in [0.29, 0.717) is 12.2 Å². The van der Waals surface area contributed by atoms with Crippen molar-refractivity contribution in [3.8, 4) is 11.8 Å². The van der Waals surface area contributed by atoms with Gasteiger partial charge in [0.05, 0.1) is 5.57 Å². The first-order valence-electron chi connectivity index (χ1n) is 7.97. The second-order valence-corrected chi connectivity index (χ2v) is 6.67. The number of hydrogen-bond donors (Lipinski definition) is 0. The molecule has 2 aromatic carbocycles. The van der Waals surface area contributed by atoms with Gasteiger partial charge in [-0.1, -0.05) is 42.0 Å². The molecular weight excluding hydrogens is 328 g/mol. The predicted molar refractivity (Wildman–Crippen MR) is 102 cm³/mol. The van der Waals surface area contributed by atoms with Crippen molar-refractivity contribution in [1.82, 2.24) is 4.98 Å². The van der Waals surface area contributed by atoms with Crippen LogP contribution in [0.2, 0.25) is 0 Å². The summed E-state index contributed by atoms with van der Waals surface area (Å²) in [6, 6.07) is 18.3. The number of nitriles is 1. The molecule has 1 heterocycles. The monoisotopic (exact) mass is 346 g/mol. The SMILES string of the molecule is Cc1ccc(COc2ccc(/C=C(\C#N)c3nc(C)cs3)cc2)cc1. The van der Waals surface area contributed by atoms with E-state index in [1.807, 2.05) is 42.6 Å². The van der Waals surface area contributed by atoms with E-state index < -0.39 is 0 Å². The first-order chi connectivity index (χ1) is 12.1. The summed E-state index contributed by atoms with van der Waals surface area (Å²) in [5.74, 6) is 0.807. The number of aromatic nitrogens is 1. The molecule has 1 aromatic heterocycles. The Morgan fingerprint density at radius 1 is 1.12 bits per heavy atom. The maximum atomic E-state index is 9.36. The van der Waals surface area contributed by atoms with Gasteiger partial charge in [0.15, 0.2) is 0 Å². The molecule has 0 fully saturated rings. The zero-order valence-corrected chi connectivity index (χ0v) is 15.0. The Hall–Kier alpha value is -2.90. The lowest BCUT2D eigenvalue weighted by Crippen LogP contribution is -1.95. The van der Waals surface area contributed by atoms with E-state index >= 15 is 0 Å². The number of allylic oxidation sites excluding steroid dienone is 1. The molecule has 0 unspecified atom stereocenters. The van der Waals surface area contributed by atoms with Crippen LogP contribution in [0.3, 0.4) is 0 Å². The van der Waals surface area contributed by atoms with Gasteiger partial charge in [0.1, 0.15) is 23.4 Å². The molecule has 0 spiro atoms. The highest BCUT2D eigenvalue weighted by molar-refractivity contribution is 7.11. The fraction of sp³-hybridized carbons (Fsp3) is 0.143. The van der Waals surface area contributed by atoms with Crippen LogP contribution in [0.15, 0.2) is 53.9 Å². The van der Waals surface area contributed by atoms with Gasteiger partial charge in [0.25, 0.3) is 0 Å². The van der Waals surface area contributed by atoms with Crippen molar-refractivity contribution in [2.45, 2.75) is 20.5 Å². The first kappa shape index (κ1) is 16.9. The van der Waals surface area contributed by atoms with Crippen LogP contribution in [0.4, 0.5) is 0 Å². The number of hydrogen-bond acceptors (Lipinski definition) is 4. The molecule has 3 nitrogen and oxygen atoms in total. The van der Waals surface area contributed by atoms with Crippen molar-refractivity contribution in [1.29, 1.82) is 5.26 Å². The molecule has 0 saturated carbocycles. The highest BCUT2D eigenvalue weighted by Gasteiger charge is 2.05. The van der Waals surface area contributed by atoms with E-state index in [2.05, 4.69) is 42.2 Å². The molecule has 0 aliphatic carbocycles. The Morgan fingerprint density at radius 2 is 1.84 bits per heavy atom. The number of rotatable bonds is 5. The average Bonchev–Trinajstić information content (AvgIpc) is 3.06. The average molecular weight is 346 g/mol. The Bertz CT molecular complexity index is 916. The van der Waals surface area contributed by atoms with Crippen LogP contribution in [0, 0.1) is 25.2 Å². The van der Waals surface area contributed by atoms with Crippen LogP contribution < -0.4 is 4.74 Å². The Labute approximate surface area is 151 Å². The topological polar surface area (TPSA) is 45.9 Å². The largest absolute Gasteiger partial charge is 0.489 e. The van der Waals surface area contributed by atoms with Gasteiger partial charge in [-0.2, -0.15) is 5.26 Å². The normalized spacial score (nSPS) is 11.2. The molecule has 25 heavy (non-hydrogen) atoms. The molecule has 0 aliphatic heterocycles. The molecule has 0 aliphatic rings. The summed E-state index contributed by atoms with van der Waals surface area (Å²) in [5.41, 5.74) is 4.84. The van der Waals surface area contributed by atoms with E-state index in [1.165, 1.54) is 16.9 Å². The third kappa shape index (κ3) is 4.56. The third-order valence-corrected chi connectivity index (χ3v) is 4.68. The maximum absolute atomic E-state index is 9.36. The second-order valence-electron chi connectivity index (χ2n) is 5.81. The first-order valence-corrected chi connectivity index (χ1v) is 8.85. The molecule has 3 aromatic rings. The van der Waals surface area contributed by atoms with Gasteiger partial charge >= 0.3 is 0 Å². The van der Waals surface area contributed by atoms with E-state index in [1.54, 1.807) is 0 Å². The number of thiazole rings is 1. The van der Waals surface area contributed by atoms with Gasteiger partial charge in [-0.3, -0.25) is 0 Å². The summed E-state index contributed by atoms with van der Waals surface area (Å²) in [5, 5.41) is 12.1. The van der Waals surface area contributed by atoms with Crippen LogP contribution in [0.5, 0.6) is 5.75 Å². The maximum Gasteiger partial charge on any atom is 0.134 e. The molecule has 3 rings (SSSR count). The molecular formula is C21H18N2OS. The van der Waals surface area contributed by atoms with Gasteiger partial charge in [0.2, 0.25) is 0 Å². The van der Waals surface area contributed by atoms with Crippen LogP contribution >= 0.6 is 11.3 Å². The molecule has 0 atom stereocenters. The summed E-state index contributed by atoms with van der Waals surface area (Å²) in [4.78, 5) is 4.37. The second kappa shape index (κ2) is 7.78. The molecule has 0 radical (unpaired) electrons. The molecule has 0 saturated heterocycles. The smallest absolute Gasteiger partial charge is 0.134 e. The summed E-state index contributed by atoms with van der Waals surface area (Å²) >= 11 is 1.48. The lowest BCUT2D eigenvalue weighted by Gasteiger charge is -2.07. The van der Waals surface area contributed by atoms with Crippen molar-refractivity contribution in [3.63, 3.8) is 0 Å². The van der Waals surface area contributed by atoms with Crippen molar-refractivity contribution in [2.24, 2.45) is 0 Å². The van der Waals surface area contributed by atoms with Crippen molar-refractivity contribution < 1.29 is 4.74 Å². The standard InChI is InChI=1S/C21H18N2OS/c1-15-3-5-18(6-4-15)13-24-20-9-7-17(8-10-20)11-19(12-22)21-23-16(2)14-25-21/h3-11,14H,13H2,1-2H3/b19-11+. The van der Waals surface area contributed by atoms with Gasteiger partial charge < -0.3 is 4.74 Å². The minimum Gasteiger partial charge on any atom is -0.489 e. The van der Waals surface area contributed by atoms with Gasteiger partial charge in [-0.05, 0) is 43.2 Å². The lowest BCUT2D eigenvalue weighted by atomic mass is 10.1. The number of aryl methyl sites for hydroxylation is 2. The minimum absolute atomic E-state index is 0.539. The van der Waals surface area contributed by atoms with E-state index in [-0.39, 0.29) is 0 Å². The van der Waals surface area contributed by atoms with Crippen molar-refractivity contribution in [3.05, 3.63) is 81.3 Å². The van der Waals surface area contributed by atoms with Crippen LogP contribution in [0.25, 0.3) is 11.6 Å². The van der Waals surface area contributed by atoms with Crippen LogP contribution in [0.1, 0.15) is 27.4 Å². The number of ether oxygens (including phenoxy) is 1. The molecule has 0 N–H and O–H groups in total. The quantitative estimate of drug-likeness (QED) is 0.581. The fourth-order valence-electron chi connectivity index (χ4n) is 2.30. The summed E-state index contributed by atoms with van der Waals surface area (Å²) < 4.78 is 5.81. The third-order valence-electron chi connectivity index (χ3n) is 3.69. The lowest BCUT2D eigenvalue weighted by molar-refractivity contribution is 0.306. The Morgan fingerprint density at radius 3 is 2.44 bits per heavy atom. The van der Waals surface area contributed by atoms with E-state index in [4.69, 9.17) is 4.74 Å². The van der Waals surface area contributed by atoms with Gasteiger partial charge in [-0.15, -0.1) is 11.3 Å². The van der Waals surface area contributed by atoms with Crippen LogP contribution in [-0.2, 0) is 6.61 Å². The Balaban J connectivity index is 1.68. The summed E-state index contributed by atoms with van der Waals surface area (Å²) in [6.07, 6.45) is 1.85. The van der Waals surface area contributed by atoms with Gasteiger partial charge in [0, 0.05) is 11.1 Å². The molecule has 0 amide bonds. The molecule has 4 heteroatoms. The minimum atomic E-state index is 0.539. The number of nitrogens with zero attached hydrogens (tertiary/aromatic N) is 2. The highest BCUT2D eigenvalue weighted by atomic mass is 32.1. The molecule has 0 bridgehead atoms. The zero-order chi connectivity index (χ0) is 17.6. The highest BCUT2D eigenvalue weighted by Crippen LogP contribution is 2.22. The predicted octanol–water partition coefficient (Wildman–Crippen LogP) is 5.40. The zero-order valence-electron chi connectivity index (χ0n) is 14.2.